The molecule has 3 amide bonds. The molecule has 10 nitrogen and oxygen atoms in total. The number of piperazine rings is 1. The molecule has 0 bridgehead atoms. The largest absolute Gasteiger partial charge is 0.515 e. The van der Waals surface area contributed by atoms with Crippen molar-refractivity contribution in [3.8, 4) is 0 Å². The standard InChI is InChI=1S/C31H40Br2N6O4S/c1-35-10-12-36(13-11-35)24-4-8-37(9-5-24)31(7-15-40)17-25(38-18-23-20-44-21-28(23)34-29(38)41)6-14-39(31,30(42)43)19-22-2-3-26(32)27(33)16-22/h2-3,15-16,20-21,24-25H,4-14,17-19H2,1H3,(H-,34,41,42,43)/p+1/t25?,31?,39-/m0/s1. The summed E-state index contributed by atoms with van der Waals surface area (Å²) in [5, 5.41) is 18.3. The molecular formula is C31H41Br2N6O4S+. The molecule has 2 aromatic rings. The number of carbonyl (C=O) groups excluding carboxylic acids is 2. The molecule has 0 aliphatic carbocycles. The van der Waals surface area contributed by atoms with Crippen molar-refractivity contribution < 1.29 is 24.0 Å². The highest BCUT2D eigenvalue weighted by atomic mass is 79.9. The molecule has 1 aromatic carbocycles. The van der Waals surface area contributed by atoms with Gasteiger partial charge >= 0.3 is 12.1 Å². The number of hydrogen-bond donors (Lipinski definition) is 2. The van der Waals surface area contributed by atoms with Crippen LogP contribution in [0.4, 0.5) is 15.3 Å². The first-order valence-corrected chi connectivity index (χ1v) is 18.0. The number of hydrogen-bond acceptors (Lipinski definition) is 7. The zero-order valence-corrected chi connectivity index (χ0v) is 29.1. The Labute approximate surface area is 279 Å². The Kier molecular flexibility index (Phi) is 9.55. The number of likely N-dealkylation sites (N-methyl/N-ethyl adjacent to an activating group) is 1. The van der Waals surface area contributed by atoms with Gasteiger partial charge in [0.15, 0.2) is 5.66 Å². The molecule has 4 aliphatic rings. The predicted octanol–water partition coefficient (Wildman–Crippen LogP) is 5.48. The molecular weight excluding hydrogens is 712 g/mol. The van der Waals surface area contributed by atoms with Crippen molar-refractivity contribution in [2.45, 2.75) is 62.9 Å². The topological polar surface area (TPSA) is 96.4 Å². The second-order valence-corrected chi connectivity index (χ2v) is 15.3. The highest BCUT2D eigenvalue weighted by molar-refractivity contribution is 9.13. The number of thiophene rings is 1. The lowest BCUT2D eigenvalue weighted by molar-refractivity contribution is -0.942. The molecule has 3 saturated heterocycles. The average molecular weight is 754 g/mol. The summed E-state index contributed by atoms with van der Waals surface area (Å²) < 4.78 is 1.50. The van der Waals surface area contributed by atoms with Gasteiger partial charge in [-0.15, -0.1) is 11.3 Å². The first-order valence-electron chi connectivity index (χ1n) is 15.4. The van der Waals surface area contributed by atoms with Crippen molar-refractivity contribution in [2.24, 2.45) is 0 Å². The number of urea groups is 1. The fourth-order valence-corrected chi connectivity index (χ4v) is 9.52. The van der Waals surface area contributed by atoms with E-state index in [1.54, 1.807) is 11.3 Å². The van der Waals surface area contributed by atoms with Crippen LogP contribution in [0.5, 0.6) is 0 Å². The maximum absolute atomic E-state index is 13.7. The van der Waals surface area contributed by atoms with Crippen LogP contribution >= 0.6 is 43.2 Å². The second kappa shape index (κ2) is 13.1. The van der Waals surface area contributed by atoms with Crippen molar-refractivity contribution in [3.05, 3.63) is 49.0 Å². The summed E-state index contributed by atoms with van der Waals surface area (Å²) in [5.74, 6) is 0. The fourth-order valence-electron chi connectivity index (χ4n) is 8.06. The van der Waals surface area contributed by atoms with Gasteiger partial charge in [0.2, 0.25) is 0 Å². The number of piperidine rings is 2. The van der Waals surface area contributed by atoms with E-state index < -0.39 is 11.8 Å². The Morgan fingerprint density at radius 1 is 1.09 bits per heavy atom. The number of benzene rings is 1. The third-order valence-corrected chi connectivity index (χ3v) is 13.2. The van der Waals surface area contributed by atoms with Crippen LogP contribution in [0.1, 0.15) is 43.2 Å². The molecule has 4 aliphatic heterocycles. The van der Waals surface area contributed by atoms with Crippen molar-refractivity contribution in [1.82, 2.24) is 19.6 Å². The van der Waals surface area contributed by atoms with E-state index in [0.717, 1.165) is 84.2 Å². The minimum absolute atomic E-state index is 0.0891. The van der Waals surface area contributed by atoms with Gasteiger partial charge in [-0.3, -0.25) is 9.80 Å². The highest BCUT2D eigenvalue weighted by Gasteiger charge is 2.64. The van der Waals surface area contributed by atoms with Crippen LogP contribution in [0.2, 0.25) is 0 Å². The Balaban J connectivity index is 1.35. The summed E-state index contributed by atoms with van der Waals surface area (Å²) in [6, 6.07) is 5.98. The summed E-state index contributed by atoms with van der Waals surface area (Å²) in [5.41, 5.74) is 1.82. The van der Waals surface area contributed by atoms with E-state index in [1.165, 1.54) is 0 Å². The van der Waals surface area contributed by atoms with Crippen molar-refractivity contribution in [3.63, 3.8) is 0 Å². The van der Waals surface area contributed by atoms with Gasteiger partial charge in [0, 0.05) is 89.6 Å². The van der Waals surface area contributed by atoms with Crippen molar-refractivity contribution >= 4 is 67.3 Å². The Hall–Kier alpha value is -1.87. The maximum Gasteiger partial charge on any atom is 0.515 e. The van der Waals surface area contributed by atoms with Gasteiger partial charge in [0.05, 0.1) is 25.2 Å². The van der Waals surface area contributed by atoms with E-state index in [2.05, 4.69) is 64.3 Å². The van der Waals surface area contributed by atoms with Gasteiger partial charge in [-0.2, -0.15) is 4.79 Å². The number of fused-ring (bicyclic) bond motifs is 1. The monoisotopic (exact) mass is 751 g/mol. The van der Waals surface area contributed by atoms with E-state index in [-0.39, 0.29) is 29.5 Å². The van der Waals surface area contributed by atoms with Gasteiger partial charge < -0.3 is 25.0 Å². The van der Waals surface area contributed by atoms with E-state index in [9.17, 15) is 19.5 Å². The summed E-state index contributed by atoms with van der Waals surface area (Å²) in [6.07, 6.45) is 2.90. The number of rotatable bonds is 7. The van der Waals surface area contributed by atoms with Crippen LogP contribution in [0, 0.1) is 0 Å². The number of aldehydes is 1. The number of carbonyl (C=O) groups is 3. The summed E-state index contributed by atoms with van der Waals surface area (Å²) >= 11 is 8.71. The SMILES string of the molecule is CN1CCN(C2CCN(C3(CC=O)CC(N4Cc5cscc5NC4=O)CC[N@+]3(Cc3ccc(Br)c(Br)c3)C(=O)O)CC2)CC1. The molecule has 5 heterocycles. The van der Waals surface area contributed by atoms with Crippen molar-refractivity contribution in [2.75, 3.05) is 58.2 Å². The first kappa shape index (κ1) is 32.1. The number of nitrogens with zero attached hydrogens (tertiary/aromatic N) is 5. The number of likely N-dealkylation sites (tertiary alicyclic amines) is 2. The maximum atomic E-state index is 13.7. The lowest BCUT2D eigenvalue weighted by atomic mass is 9.81. The average Bonchev–Trinajstić information content (AvgIpc) is 3.47. The van der Waals surface area contributed by atoms with Crippen LogP contribution in [0.3, 0.4) is 0 Å². The quantitative estimate of drug-likeness (QED) is 0.286. The van der Waals surface area contributed by atoms with Crippen LogP contribution in [-0.4, -0.2) is 118 Å². The Morgan fingerprint density at radius 3 is 2.52 bits per heavy atom. The summed E-state index contributed by atoms with van der Waals surface area (Å²) in [6.45, 7) is 6.71. The minimum atomic E-state index is -1.00. The molecule has 0 spiro atoms. The van der Waals surface area contributed by atoms with Gasteiger partial charge in [0.1, 0.15) is 12.8 Å². The molecule has 238 valence electrons. The van der Waals surface area contributed by atoms with Crippen LogP contribution in [-0.2, 0) is 17.9 Å². The molecule has 2 unspecified atom stereocenters. The van der Waals surface area contributed by atoms with Gasteiger partial charge in [-0.1, -0.05) is 6.07 Å². The first-order chi connectivity index (χ1) is 21.2. The van der Waals surface area contributed by atoms with Gasteiger partial charge in [-0.05, 0) is 69.3 Å². The van der Waals surface area contributed by atoms with E-state index in [0.29, 0.717) is 32.0 Å². The van der Waals surface area contributed by atoms with Crippen molar-refractivity contribution in [1.29, 1.82) is 0 Å². The molecule has 0 saturated carbocycles. The number of carboxylic acid groups (broad SMARTS) is 1. The molecule has 2 N–H and O–H groups in total. The fraction of sp³-hybridized carbons (Fsp3) is 0.581. The molecule has 6 rings (SSSR count). The molecule has 3 fully saturated rings. The molecule has 1 aromatic heterocycles. The third kappa shape index (κ3) is 5.89. The number of amides is 3. The third-order valence-electron chi connectivity index (χ3n) is 10.5. The Morgan fingerprint density at radius 2 is 1.84 bits per heavy atom. The van der Waals surface area contributed by atoms with Crippen LogP contribution in [0.15, 0.2) is 37.9 Å². The highest BCUT2D eigenvalue weighted by Crippen LogP contribution is 2.46. The number of anilines is 1. The lowest BCUT2D eigenvalue weighted by Gasteiger charge is -2.59. The molecule has 13 heteroatoms. The zero-order valence-electron chi connectivity index (χ0n) is 25.1. The van der Waals surface area contributed by atoms with Crippen LogP contribution < -0.4 is 5.32 Å². The number of halogens is 2. The number of quaternary nitrogens is 1. The van der Waals surface area contributed by atoms with Gasteiger partial charge in [-0.25, -0.2) is 9.28 Å². The second-order valence-electron chi connectivity index (χ2n) is 12.8. The molecule has 3 atom stereocenters. The van der Waals surface area contributed by atoms with E-state index >= 15 is 0 Å². The van der Waals surface area contributed by atoms with E-state index in [1.807, 2.05) is 28.5 Å². The lowest BCUT2D eigenvalue weighted by Crippen LogP contribution is -2.78. The Bertz CT molecular complexity index is 1390. The summed E-state index contributed by atoms with van der Waals surface area (Å²) in [7, 11) is 2.16. The summed E-state index contributed by atoms with van der Waals surface area (Å²) in [4.78, 5) is 48.9. The minimum Gasteiger partial charge on any atom is -0.435 e. The van der Waals surface area contributed by atoms with E-state index in [4.69, 9.17) is 0 Å². The normalized spacial score (nSPS) is 29.3. The zero-order chi connectivity index (χ0) is 31.1. The number of nitrogens with one attached hydrogen (secondary N) is 1. The molecule has 44 heavy (non-hydrogen) atoms. The predicted molar refractivity (Wildman–Crippen MR) is 178 cm³/mol. The smallest absolute Gasteiger partial charge is 0.435 e. The van der Waals surface area contributed by atoms with Gasteiger partial charge in [0.25, 0.3) is 0 Å². The molecule has 0 radical (unpaired) electrons. The van der Waals surface area contributed by atoms with Crippen LogP contribution in [0.25, 0.3) is 0 Å².